The molecule has 0 spiro atoms. The molecule has 0 bridgehead atoms. The van der Waals surface area contributed by atoms with Crippen LogP contribution in [0.5, 0.6) is 0 Å². The minimum atomic E-state index is -0.780. The number of hydrogen-bond donors (Lipinski definition) is 3. The number of nitrogens with one attached hydrogen (secondary N) is 2. The first kappa shape index (κ1) is 15.0. The molecule has 1 saturated heterocycles. The highest BCUT2D eigenvalue weighted by Crippen LogP contribution is 2.18. The Balaban J connectivity index is 1.97. The van der Waals surface area contributed by atoms with Gasteiger partial charge in [-0.05, 0) is 58.3 Å². The Morgan fingerprint density at radius 1 is 1.25 bits per heavy atom. The van der Waals surface area contributed by atoms with E-state index in [0.29, 0.717) is 18.5 Å². The van der Waals surface area contributed by atoms with Gasteiger partial charge < -0.3 is 15.7 Å². The zero-order valence-corrected chi connectivity index (χ0v) is 12.3. The van der Waals surface area contributed by atoms with Crippen molar-refractivity contribution < 1.29 is 9.90 Å². The van der Waals surface area contributed by atoms with Crippen LogP contribution in [-0.2, 0) is 0 Å². The molecule has 2 rings (SSSR count). The number of aryl methyl sites for hydroxylation is 2. The van der Waals surface area contributed by atoms with Gasteiger partial charge in [-0.1, -0.05) is 17.2 Å². The van der Waals surface area contributed by atoms with E-state index in [1.165, 1.54) is 0 Å². The van der Waals surface area contributed by atoms with E-state index < -0.39 is 5.60 Å². The summed E-state index contributed by atoms with van der Waals surface area (Å²) in [5.41, 5.74) is 2.04. The van der Waals surface area contributed by atoms with Crippen LogP contribution in [0.2, 0.25) is 0 Å². The van der Waals surface area contributed by atoms with E-state index >= 15 is 0 Å². The quantitative estimate of drug-likeness (QED) is 0.785. The third kappa shape index (κ3) is 4.05. The van der Waals surface area contributed by atoms with Crippen LogP contribution in [0.15, 0.2) is 18.2 Å². The first-order chi connectivity index (χ1) is 9.48. The van der Waals surface area contributed by atoms with Crippen LogP contribution in [-0.4, -0.2) is 36.2 Å². The van der Waals surface area contributed by atoms with Crippen LogP contribution in [0, 0.1) is 13.8 Å². The lowest BCUT2D eigenvalue weighted by atomic mass is 9.94. The normalized spacial score (nSPS) is 23.1. The molecule has 20 heavy (non-hydrogen) atoms. The average Bonchev–Trinajstić information content (AvgIpc) is 2.60. The summed E-state index contributed by atoms with van der Waals surface area (Å²) in [6, 6.07) is 5.79. The van der Waals surface area contributed by atoms with Gasteiger partial charge in [-0.15, -0.1) is 0 Å². The number of benzene rings is 1. The van der Waals surface area contributed by atoms with E-state index in [9.17, 15) is 9.90 Å². The summed E-state index contributed by atoms with van der Waals surface area (Å²) < 4.78 is 0. The summed E-state index contributed by atoms with van der Waals surface area (Å²) in [6.07, 6.45) is 2.35. The molecule has 4 heteroatoms. The summed E-state index contributed by atoms with van der Waals surface area (Å²) in [7, 11) is 0. The molecule has 1 fully saturated rings. The lowest BCUT2D eigenvalue weighted by Crippen LogP contribution is -2.43. The molecular formula is C16H24N2O2. The number of amides is 1. The van der Waals surface area contributed by atoms with Crippen molar-refractivity contribution >= 4 is 5.91 Å². The van der Waals surface area contributed by atoms with Crippen molar-refractivity contribution in [2.75, 3.05) is 19.6 Å². The fourth-order valence-corrected chi connectivity index (χ4v) is 2.74. The van der Waals surface area contributed by atoms with Crippen LogP contribution < -0.4 is 10.6 Å². The molecule has 4 nitrogen and oxygen atoms in total. The predicted molar refractivity (Wildman–Crippen MR) is 79.9 cm³/mol. The second-order valence-electron chi connectivity index (χ2n) is 5.89. The van der Waals surface area contributed by atoms with Crippen molar-refractivity contribution in [2.45, 2.75) is 38.7 Å². The van der Waals surface area contributed by atoms with Gasteiger partial charge in [0, 0.05) is 12.1 Å². The van der Waals surface area contributed by atoms with Crippen LogP contribution in [0.25, 0.3) is 0 Å². The van der Waals surface area contributed by atoms with Crippen molar-refractivity contribution in [2.24, 2.45) is 0 Å². The summed E-state index contributed by atoms with van der Waals surface area (Å²) in [5, 5.41) is 16.6. The summed E-state index contributed by atoms with van der Waals surface area (Å²) in [5.74, 6) is -0.109. The van der Waals surface area contributed by atoms with Gasteiger partial charge in [0.2, 0.25) is 0 Å². The molecule has 1 amide bonds. The summed E-state index contributed by atoms with van der Waals surface area (Å²) in [4.78, 5) is 12.2. The Morgan fingerprint density at radius 3 is 2.65 bits per heavy atom. The molecule has 0 aromatic heterocycles. The zero-order chi connectivity index (χ0) is 14.6. The van der Waals surface area contributed by atoms with Crippen molar-refractivity contribution in [3.8, 4) is 0 Å². The predicted octanol–water partition coefficient (Wildman–Crippen LogP) is 1.54. The molecule has 1 atom stereocenters. The number of carbonyl (C=O) groups excluding carboxylic acids is 1. The third-order valence-electron chi connectivity index (χ3n) is 3.82. The number of carbonyl (C=O) groups is 1. The smallest absolute Gasteiger partial charge is 0.251 e. The van der Waals surface area contributed by atoms with Gasteiger partial charge in [-0.3, -0.25) is 4.79 Å². The number of aliphatic hydroxyl groups is 1. The molecule has 3 N–H and O–H groups in total. The molecule has 1 aromatic carbocycles. The maximum atomic E-state index is 12.2. The Bertz CT molecular complexity index is 457. The molecule has 1 aliphatic heterocycles. The highest BCUT2D eigenvalue weighted by molar-refractivity contribution is 5.94. The van der Waals surface area contributed by atoms with E-state index in [4.69, 9.17) is 0 Å². The van der Waals surface area contributed by atoms with Crippen molar-refractivity contribution in [3.05, 3.63) is 34.9 Å². The minimum absolute atomic E-state index is 0.109. The Labute approximate surface area is 120 Å². The molecular weight excluding hydrogens is 252 g/mol. The fraction of sp³-hybridized carbons (Fsp3) is 0.562. The van der Waals surface area contributed by atoms with Crippen LogP contribution in [0.3, 0.4) is 0 Å². The first-order valence-corrected chi connectivity index (χ1v) is 7.28. The summed E-state index contributed by atoms with van der Waals surface area (Å²) in [6.45, 7) is 6.02. The van der Waals surface area contributed by atoms with Gasteiger partial charge in [0.15, 0.2) is 0 Å². The van der Waals surface area contributed by atoms with E-state index in [2.05, 4.69) is 10.6 Å². The zero-order valence-electron chi connectivity index (χ0n) is 12.3. The lowest BCUT2D eigenvalue weighted by Gasteiger charge is -2.26. The second kappa shape index (κ2) is 6.37. The van der Waals surface area contributed by atoms with Gasteiger partial charge in [0.25, 0.3) is 5.91 Å². The van der Waals surface area contributed by atoms with Crippen molar-refractivity contribution in [3.63, 3.8) is 0 Å². The van der Waals surface area contributed by atoms with Gasteiger partial charge in [0.05, 0.1) is 5.60 Å². The van der Waals surface area contributed by atoms with Crippen LogP contribution in [0.4, 0.5) is 0 Å². The molecule has 1 aliphatic rings. The first-order valence-electron chi connectivity index (χ1n) is 7.28. The molecule has 110 valence electrons. The fourth-order valence-electron chi connectivity index (χ4n) is 2.74. The maximum Gasteiger partial charge on any atom is 0.251 e. The second-order valence-corrected chi connectivity index (χ2v) is 5.89. The lowest BCUT2D eigenvalue weighted by molar-refractivity contribution is 0.0276. The van der Waals surface area contributed by atoms with E-state index in [0.717, 1.165) is 37.1 Å². The molecule has 0 radical (unpaired) electrons. The topological polar surface area (TPSA) is 61.4 Å². The third-order valence-corrected chi connectivity index (χ3v) is 3.82. The van der Waals surface area contributed by atoms with E-state index in [1.54, 1.807) is 0 Å². The molecule has 0 aliphatic carbocycles. The largest absolute Gasteiger partial charge is 0.388 e. The highest BCUT2D eigenvalue weighted by atomic mass is 16.3. The Kier molecular flexibility index (Phi) is 4.78. The highest BCUT2D eigenvalue weighted by Gasteiger charge is 2.28. The van der Waals surface area contributed by atoms with Gasteiger partial charge in [-0.2, -0.15) is 0 Å². The van der Waals surface area contributed by atoms with Crippen LogP contribution in [0.1, 0.15) is 40.7 Å². The van der Waals surface area contributed by atoms with E-state index in [-0.39, 0.29) is 5.91 Å². The SMILES string of the molecule is Cc1cc(C)cc(C(=O)NC[C@]2(O)CCCNCC2)c1. The Morgan fingerprint density at radius 2 is 1.95 bits per heavy atom. The van der Waals surface area contributed by atoms with Crippen LogP contribution >= 0.6 is 0 Å². The van der Waals surface area contributed by atoms with Crippen molar-refractivity contribution in [1.82, 2.24) is 10.6 Å². The monoisotopic (exact) mass is 276 g/mol. The average molecular weight is 276 g/mol. The Hall–Kier alpha value is -1.39. The van der Waals surface area contributed by atoms with Gasteiger partial charge >= 0.3 is 0 Å². The van der Waals surface area contributed by atoms with Crippen molar-refractivity contribution in [1.29, 1.82) is 0 Å². The standard InChI is InChI=1S/C16H24N2O2/c1-12-8-13(2)10-14(9-12)15(19)18-11-16(20)4-3-6-17-7-5-16/h8-10,17,20H,3-7,11H2,1-2H3,(H,18,19)/t16-/m0/s1. The maximum absolute atomic E-state index is 12.2. The summed E-state index contributed by atoms with van der Waals surface area (Å²) >= 11 is 0. The van der Waals surface area contributed by atoms with Gasteiger partial charge in [-0.25, -0.2) is 0 Å². The molecule has 0 saturated carbocycles. The minimum Gasteiger partial charge on any atom is -0.388 e. The molecule has 1 heterocycles. The molecule has 1 aromatic rings. The van der Waals surface area contributed by atoms with E-state index in [1.807, 2.05) is 32.0 Å². The van der Waals surface area contributed by atoms with Gasteiger partial charge in [0.1, 0.15) is 0 Å². The number of hydrogen-bond acceptors (Lipinski definition) is 3. The molecule has 0 unspecified atom stereocenters. The number of rotatable bonds is 3.